The summed E-state index contributed by atoms with van der Waals surface area (Å²) in [7, 11) is 0. The van der Waals surface area contributed by atoms with Crippen molar-refractivity contribution in [2.45, 2.75) is 144 Å². The lowest BCUT2D eigenvalue weighted by Crippen LogP contribution is -2.00. The first-order valence-corrected chi connectivity index (χ1v) is 25.9. The van der Waals surface area contributed by atoms with Crippen molar-refractivity contribution >= 4 is 90.8 Å². The lowest BCUT2D eigenvalue weighted by Gasteiger charge is -2.12. The summed E-state index contributed by atoms with van der Waals surface area (Å²) < 4.78 is 19.1. The van der Waals surface area contributed by atoms with E-state index in [0.29, 0.717) is 5.92 Å². The number of hydrogen-bond donors (Lipinski definition) is 0. The van der Waals surface area contributed by atoms with E-state index in [0.717, 1.165) is 45.9 Å². The molecule has 2 unspecified atom stereocenters. The van der Waals surface area contributed by atoms with Crippen molar-refractivity contribution < 1.29 is 0 Å². The van der Waals surface area contributed by atoms with Crippen molar-refractivity contribution in [1.82, 2.24) is 8.75 Å². The maximum absolute atomic E-state index is 4.83. The van der Waals surface area contributed by atoms with Crippen LogP contribution in [0.4, 0.5) is 11.4 Å². The van der Waals surface area contributed by atoms with E-state index in [4.69, 9.17) is 17.5 Å². The fraction of sp³-hybridized carbons (Fsp3) is 0.522. The smallest absolute Gasteiger partial charge is 0.116 e. The molecule has 298 valence electrons. The number of rotatable bonds is 22. The summed E-state index contributed by atoms with van der Waals surface area (Å²) in [5.41, 5.74) is 9.02. The Morgan fingerprint density at radius 1 is 0.536 bits per heavy atom. The number of nitrogens with zero attached hydrogens (tertiary/aromatic N) is 4. The third-order valence-electron chi connectivity index (χ3n) is 11.3. The molecule has 4 nitrogen and oxygen atoms in total. The first-order valence-electron chi connectivity index (χ1n) is 21.1. The predicted molar refractivity (Wildman–Crippen MR) is 253 cm³/mol. The summed E-state index contributed by atoms with van der Waals surface area (Å²) in [6.45, 7) is 13.9. The fourth-order valence-electron chi connectivity index (χ4n) is 8.18. The third-order valence-corrected chi connectivity index (χ3v) is 17.4. The van der Waals surface area contributed by atoms with E-state index in [9.17, 15) is 0 Å². The van der Waals surface area contributed by atoms with Gasteiger partial charge in [0.25, 0.3) is 0 Å². The monoisotopic (exact) mass is 858 g/mol. The summed E-state index contributed by atoms with van der Waals surface area (Å²) in [6.07, 6.45) is 21.2. The van der Waals surface area contributed by atoms with E-state index in [1.165, 1.54) is 164 Å². The molecule has 2 atom stereocenters. The van der Waals surface area contributed by atoms with Crippen molar-refractivity contribution in [3.8, 4) is 39.7 Å². The van der Waals surface area contributed by atoms with Gasteiger partial charge in [-0.3, -0.25) is 0 Å². The van der Waals surface area contributed by atoms with Gasteiger partial charge in [-0.2, -0.15) is 17.5 Å². The lowest BCUT2D eigenvalue weighted by molar-refractivity contribution is 0.482. The Morgan fingerprint density at radius 3 is 1.68 bits per heavy atom. The molecule has 0 saturated heterocycles. The number of aryl methyl sites for hydroxylation is 2. The van der Waals surface area contributed by atoms with Gasteiger partial charge in [0.15, 0.2) is 0 Å². The van der Waals surface area contributed by atoms with Crippen LogP contribution in [0.2, 0.25) is 0 Å². The van der Waals surface area contributed by atoms with Gasteiger partial charge >= 0.3 is 0 Å². The Bertz CT molecular complexity index is 2270. The molecule has 0 radical (unpaired) electrons. The molecule has 0 N–H and O–H groups in total. The summed E-state index contributed by atoms with van der Waals surface area (Å²) in [4.78, 5) is 11.0. The molecule has 5 aromatic heterocycles. The first-order chi connectivity index (χ1) is 27.3. The minimum atomic E-state index is 0.624. The average Bonchev–Trinajstić information content (AvgIpc) is 4.03. The van der Waals surface area contributed by atoms with Crippen molar-refractivity contribution in [2.24, 2.45) is 20.6 Å². The van der Waals surface area contributed by atoms with Gasteiger partial charge in [-0.15, -0.1) is 45.3 Å². The van der Waals surface area contributed by atoms with Crippen LogP contribution in [0.5, 0.6) is 0 Å². The van der Waals surface area contributed by atoms with Gasteiger partial charge in [-0.05, 0) is 86.1 Å². The second-order valence-corrected chi connectivity index (χ2v) is 21.7. The van der Waals surface area contributed by atoms with Crippen LogP contribution in [0.3, 0.4) is 0 Å². The third kappa shape index (κ3) is 9.91. The van der Waals surface area contributed by atoms with Crippen LogP contribution in [0.15, 0.2) is 45.1 Å². The van der Waals surface area contributed by atoms with E-state index in [1.54, 1.807) is 5.56 Å². The molecule has 0 spiro atoms. The molecule has 1 aromatic carbocycles. The van der Waals surface area contributed by atoms with E-state index >= 15 is 0 Å². The normalized spacial score (nSPS) is 13.5. The molecule has 6 heterocycles. The average molecular weight is 859 g/mol. The van der Waals surface area contributed by atoms with E-state index in [-0.39, 0.29) is 0 Å². The second-order valence-electron chi connectivity index (χ2n) is 16.2. The number of unbranched alkanes of at least 4 members (excludes halogenated alkanes) is 10. The molecule has 1 aliphatic heterocycles. The van der Waals surface area contributed by atoms with Gasteiger partial charge in [0.2, 0.25) is 0 Å². The fourth-order valence-corrected chi connectivity index (χ4v) is 14.1. The quantitative estimate of drug-likeness (QED) is 0.0638. The topological polar surface area (TPSA) is 50.5 Å². The largest absolute Gasteiger partial charge is 0.173 e. The summed E-state index contributed by atoms with van der Waals surface area (Å²) >= 11 is 10.4. The van der Waals surface area contributed by atoms with Gasteiger partial charge in [0.05, 0.1) is 23.1 Å². The number of hydrogen-bond acceptors (Lipinski definition) is 9. The Hall–Kier alpha value is -2.34. The first kappa shape index (κ1) is 41.8. The zero-order chi connectivity index (χ0) is 39.0. The minimum absolute atomic E-state index is 0.624. The maximum atomic E-state index is 4.83. The zero-order valence-electron chi connectivity index (χ0n) is 34.2. The molecular weight excluding hydrogens is 801 g/mol. The predicted octanol–water partition coefficient (Wildman–Crippen LogP) is 17.8. The molecular formula is C46H58N4S6. The van der Waals surface area contributed by atoms with Crippen molar-refractivity contribution in [3.05, 3.63) is 58.0 Å². The van der Waals surface area contributed by atoms with Gasteiger partial charge in [-0.25, -0.2) is 0 Å². The Balaban J connectivity index is 1.13. The van der Waals surface area contributed by atoms with Crippen LogP contribution in [0.1, 0.15) is 139 Å². The molecule has 0 aliphatic carbocycles. The van der Waals surface area contributed by atoms with Gasteiger partial charge in [0.1, 0.15) is 22.4 Å². The number of fused-ring (bicyclic) bond motifs is 2. The SMILES string of the molecule is CCCCCCCCC(C)Cc1cc(C)sc1-c1ccc(-c2ccc(-c3sc(-c4c5c(c(C)c6nsnc46)N=S=N5)cc3CC(C)CCCCCCCC)s2)s1. The number of thiophene rings is 4. The van der Waals surface area contributed by atoms with Crippen molar-refractivity contribution in [2.75, 3.05) is 0 Å². The minimum Gasteiger partial charge on any atom is -0.173 e. The molecule has 10 heteroatoms. The van der Waals surface area contributed by atoms with Crippen LogP contribution < -0.4 is 0 Å². The van der Waals surface area contributed by atoms with Gasteiger partial charge < -0.3 is 0 Å². The number of aromatic nitrogens is 2. The summed E-state index contributed by atoms with van der Waals surface area (Å²) in [6, 6.07) is 14.4. The Morgan fingerprint density at radius 2 is 1.05 bits per heavy atom. The molecule has 6 aromatic rings. The standard InChI is InChI=1S/C46H58N4S6/c1-7-9-11-13-15-17-19-29(3)25-33-27-31(5)51-45(33)37-23-21-35(52-37)36-22-24-38(53-36)46-34(26-30(4)20-18-16-14-12-10-8-2)28-39(54-46)40-43-41(47-55-49-43)32(6)42-44(40)50-56-48-42/h21-24,27-30H,7-20,25-26H2,1-6H3. The van der Waals surface area contributed by atoms with E-state index in [2.05, 4.69) is 77.9 Å². The van der Waals surface area contributed by atoms with E-state index < -0.39 is 0 Å². The van der Waals surface area contributed by atoms with Crippen LogP contribution >= 0.6 is 57.1 Å². The van der Waals surface area contributed by atoms with Gasteiger partial charge in [0, 0.05) is 50.1 Å². The summed E-state index contributed by atoms with van der Waals surface area (Å²) in [5.74, 6) is 1.34. The number of benzene rings is 1. The second kappa shape index (κ2) is 20.1. The Labute approximate surface area is 359 Å². The van der Waals surface area contributed by atoms with Crippen LogP contribution in [-0.4, -0.2) is 8.75 Å². The molecule has 0 saturated carbocycles. The molecule has 1 aliphatic rings. The highest BCUT2D eigenvalue weighted by molar-refractivity contribution is 7.58. The highest BCUT2D eigenvalue weighted by Crippen LogP contribution is 2.52. The van der Waals surface area contributed by atoms with E-state index in [1.807, 2.05) is 45.3 Å². The van der Waals surface area contributed by atoms with Crippen molar-refractivity contribution in [3.63, 3.8) is 0 Å². The molecule has 0 bridgehead atoms. The lowest BCUT2D eigenvalue weighted by atomic mass is 9.94. The maximum Gasteiger partial charge on any atom is 0.116 e. The van der Waals surface area contributed by atoms with Gasteiger partial charge in [-0.1, -0.05) is 118 Å². The van der Waals surface area contributed by atoms with Crippen LogP contribution in [0, 0.1) is 25.7 Å². The zero-order valence-corrected chi connectivity index (χ0v) is 39.1. The highest BCUT2D eigenvalue weighted by atomic mass is 32.1. The molecule has 56 heavy (non-hydrogen) atoms. The highest BCUT2D eigenvalue weighted by Gasteiger charge is 2.26. The molecule has 0 fully saturated rings. The molecule has 0 amide bonds. The van der Waals surface area contributed by atoms with Crippen LogP contribution in [-0.2, 0) is 24.2 Å². The summed E-state index contributed by atoms with van der Waals surface area (Å²) in [5, 5.41) is 0. The van der Waals surface area contributed by atoms with Crippen LogP contribution in [0.25, 0.3) is 50.7 Å². The molecule has 7 rings (SSSR count). The Kier molecular flexibility index (Phi) is 15.0. The van der Waals surface area contributed by atoms with Crippen molar-refractivity contribution in [1.29, 1.82) is 0 Å².